The SMILES string of the molecule is Cc1c(C(O)=C2C(=O)CCCC2=O)ccc2sc(Oc3ccccc3F)nc12. The number of hydrogen-bond donors (Lipinski definition) is 1. The first-order chi connectivity index (χ1) is 13.5. The number of allylic oxidation sites excluding steroid dienone is 1. The molecule has 1 saturated carbocycles. The Balaban J connectivity index is 1.76. The van der Waals surface area contributed by atoms with Gasteiger partial charge in [0.25, 0.3) is 5.19 Å². The van der Waals surface area contributed by atoms with Crippen LogP contribution in [0.3, 0.4) is 0 Å². The van der Waals surface area contributed by atoms with Crippen LogP contribution in [0.1, 0.15) is 30.4 Å². The number of rotatable bonds is 3. The molecule has 4 rings (SSSR count). The zero-order valence-corrected chi connectivity index (χ0v) is 15.8. The van der Waals surface area contributed by atoms with E-state index in [0.29, 0.717) is 23.1 Å². The van der Waals surface area contributed by atoms with Crippen molar-refractivity contribution in [2.24, 2.45) is 0 Å². The van der Waals surface area contributed by atoms with Crippen LogP contribution in [0.25, 0.3) is 16.0 Å². The molecule has 0 saturated heterocycles. The Morgan fingerprint density at radius 3 is 2.57 bits per heavy atom. The Morgan fingerprint density at radius 2 is 1.86 bits per heavy atom. The maximum atomic E-state index is 13.8. The predicted octanol–water partition coefficient (Wildman–Crippen LogP) is 5.13. The minimum absolute atomic E-state index is 0.0720. The van der Waals surface area contributed by atoms with Gasteiger partial charge in [0, 0.05) is 18.4 Å². The van der Waals surface area contributed by atoms with Gasteiger partial charge in [-0.3, -0.25) is 9.59 Å². The number of carbonyl (C=O) groups is 2. The molecule has 1 N–H and O–H groups in total. The summed E-state index contributed by atoms with van der Waals surface area (Å²) in [6.45, 7) is 1.75. The molecule has 142 valence electrons. The van der Waals surface area contributed by atoms with Crippen molar-refractivity contribution in [2.75, 3.05) is 0 Å². The van der Waals surface area contributed by atoms with E-state index in [0.717, 1.165) is 4.70 Å². The molecule has 1 aromatic heterocycles. The van der Waals surface area contributed by atoms with E-state index in [4.69, 9.17) is 4.74 Å². The van der Waals surface area contributed by atoms with E-state index in [9.17, 15) is 19.1 Å². The number of aliphatic hydroxyl groups excluding tert-OH is 1. The molecule has 0 bridgehead atoms. The van der Waals surface area contributed by atoms with Gasteiger partial charge in [-0.1, -0.05) is 23.5 Å². The van der Waals surface area contributed by atoms with Gasteiger partial charge in [0.2, 0.25) is 0 Å². The van der Waals surface area contributed by atoms with E-state index >= 15 is 0 Å². The smallest absolute Gasteiger partial charge is 0.279 e. The summed E-state index contributed by atoms with van der Waals surface area (Å²) in [6.07, 6.45) is 1.02. The Hall–Kier alpha value is -3.06. The molecule has 1 heterocycles. The summed E-state index contributed by atoms with van der Waals surface area (Å²) >= 11 is 1.24. The van der Waals surface area contributed by atoms with Crippen molar-refractivity contribution >= 4 is 38.9 Å². The zero-order chi connectivity index (χ0) is 19.8. The number of para-hydroxylation sites is 1. The van der Waals surface area contributed by atoms with Crippen molar-refractivity contribution in [3.05, 3.63) is 58.9 Å². The van der Waals surface area contributed by atoms with Crippen LogP contribution in [0.2, 0.25) is 0 Å². The number of nitrogens with zero attached hydrogens (tertiary/aromatic N) is 1. The highest BCUT2D eigenvalue weighted by Gasteiger charge is 2.28. The minimum atomic E-state index is -0.490. The largest absolute Gasteiger partial charge is 0.506 e. The van der Waals surface area contributed by atoms with E-state index in [2.05, 4.69) is 4.98 Å². The molecular weight excluding hydrogens is 381 g/mol. The standard InChI is InChI=1S/C21H16FNO4S/c1-11-12(20(26)18-14(24)6-4-7-15(18)25)9-10-17-19(11)23-21(28-17)27-16-8-3-2-5-13(16)22/h2-3,5,8-10,26H,4,6-7H2,1H3. The number of aromatic nitrogens is 1. The molecule has 1 aliphatic carbocycles. The molecule has 0 aliphatic heterocycles. The fourth-order valence-corrected chi connectivity index (χ4v) is 4.13. The highest BCUT2D eigenvalue weighted by molar-refractivity contribution is 7.20. The predicted molar refractivity (Wildman–Crippen MR) is 104 cm³/mol. The van der Waals surface area contributed by atoms with E-state index in [-0.39, 0.29) is 46.7 Å². The number of benzene rings is 2. The third-order valence-electron chi connectivity index (χ3n) is 4.69. The molecule has 0 radical (unpaired) electrons. The van der Waals surface area contributed by atoms with Crippen molar-refractivity contribution in [1.82, 2.24) is 4.98 Å². The van der Waals surface area contributed by atoms with Crippen LogP contribution in [0.15, 0.2) is 42.0 Å². The van der Waals surface area contributed by atoms with Gasteiger partial charge < -0.3 is 9.84 Å². The topological polar surface area (TPSA) is 76.5 Å². The molecule has 0 unspecified atom stereocenters. The highest BCUT2D eigenvalue weighted by Crippen LogP contribution is 2.36. The summed E-state index contributed by atoms with van der Waals surface area (Å²) in [6, 6.07) is 9.43. The second-order valence-electron chi connectivity index (χ2n) is 6.52. The molecule has 7 heteroatoms. The van der Waals surface area contributed by atoms with Crippen molar-refractivity contribution < 1.29 is 23.8 Å². The molecule has 1 aliphatic rings. The van der Waals surface area contributed by atoms with Crippen molar-refractivity contribution in [3.8, 4) is 10.9 Å². The fraction of sp³-hybridized carbons (Fsp3) is 0.190. The zero-order valence-electron chi connectivity index (χ0n) is 15.0. The van der Waals surface area contributed by atoms with Crippen LogP contribution in [-0.2, 0) is 9.59 Å². The fourth-order valence-electron chi connectivity index (χ4n) is 3.24. The van der Waals surface area contributed by atoms with Gasteiger partial charge in [0.15, 0.2) is 23.1 Å². The molecule has 0 spiro atoms. The molecule has 0 atom stereocenters. The monoisotopic (exact) mass is 397 g/mol. The van der Waals surface area contributed by atoms with Crippen LogP contribution >= 0.6 is 11.3 Å². The summed E-state index contributed by atoms with van der Waals surface area (Å²) < 4.78 is 20.1. The number of aryl methyl sites for hydroxylation is 1. The number of aliphatic hydroxyl groups is 1. The summed E-state index contributed by atoms with van der Waals surface area (Å²) in [5.41, 5.74) is 1.44. The summed E-state index contributed by atoms with van der Waals surface area (Å²) in [7, 11) is 0. The average Bonchev–Trinajstić information content (AvgIpc) is 3.07. The molecule has 1 fully saturated rings. The van der Waals surface area contributed by atoms with Crippen LogP contribution in [0.5, 0.6) is 10.9 Å². The third kappa shape index (κ3) is 3.18. The lowest BCUT2D eigenvalue weighted by atomic mass is 9.89. The lowest BCUT2D eigenvalue weighted by Crippen LogP contribution is -2.20. The van der Waals surface area contributed by atoms with Gasteiger partial charge in [0.05, 0.1) is 10.2 Å². The van der Waals surface area contributed by atoms with Gasteiger partial charge >= 0.3 is 0 Å². The maximum Gasteiger partial charge on any atom is 0.279 e. The first-order valence-electron chi connectivity index (χ1n) is 8.78. The van der Waals surface area contributed by atoms with E-state index in [1.165, 1.54) is 23.5 Å². The minimum Gasteiger partial charge on any atom is -0.506 e. The average molecular weight is 397 g/mol. The van der Waals surface area contributed by atoms with Crippen molar-refractivity contribution in [2.45, 2.75) is 26.2 Å². The molecule has 0 amide bonds. The van der Waals surface area contributed by atoms with E-state index in [1.807, 2.05) is 0 Å². The van der Waals surface area contributed by atoms with Crippen LogP contribution in [0, 0.1) is 12.7 Å². The Labute approximate surface area is 164 Å². The Kier molecular flexibility index (Phi) is 4.68. The van der Waals surface area contributed by atoms with Crippen LogP contribution in [0.4, 0.5) is 4.39 Å². The Bertz CT molecular complexity index is 1130. The van der Waals surface area contributed by atoms with Gasteiger partial charge in [-0.25, -0.2) is 9.37 Å². The van der Waals surface area contributed by atoms with Crippen LogP contribution in [-0.4, -0.2) is 21.7 Å². The third-order valence-corrected chi connectivity index (χ3v) is 5.58. The lowest BCUT2D eigenvalue weighted by Gasteiger charge is -2.15. The normalized spacial score (nSPS) is 14.6. The summed E-state index contributed by atoms with van der Waals surface area (Å²) in [5.74, 6) is -1.40. The number of hydrogen-bond acceptors (Lipinski definition) is 6. The van der Waals surface area contributed by atoms with Gasteiger partial charge in [0.1, 0.15) is 11.3 Å². The number of Topliss-reactive ketones (excluding diaryl/α,β-unsaturated/α-hetero) is 2. The second-order valence-corrected chi connectivity index (χ2v) is 7.51. The van der Waals surface area contributed by atoms with Gasteiger partial charge in [-0.05, 0) is 43.2 Å². The summed E-state index contributed by atoms with van der Waals surface area (Å²) in [5, 5.41) is 10.9. The molecule has 5 nitrogen and oxygen atoms in total. The van der Waals surface area contributed by atoms with Gasteiger partial charge in [-0.2, -0.15) is 0 Å². The summed E-state index contributed by atoms with van der Waals surface area (Å²) in [4.78, 5) is 28.7. The number of thiazole rings is 1. The molecule has 2 aromatic carbocycles. The van der Waals surface area contributed by atoms with E-state index < -0.39 is 5.82 Å². The maximum absolute atomic E-state index is 13.8. The van der Waals surface area contributed by atoms with E-state index in [1.54, 1.807) is 31.2 Å². The molecule has 3 aromatic rings. The molecular formula is C21H16FNO4S. The Morgan fingerprint density at radius 1 is 1.14 bits per heavy atom. The number of ether oxygens (including phenoxy) is 1. The molecule has 28 heavy (non-hydrogen) atoms. The first-order valence-corrected chi connectivity index (χ1v) is 9.60. The van der Waals surface area contributed by atoms with Gasteiger partial charge in [-0.15, -0.1) is 0 Å². The number of ketones is 2. The lowest BCUT2D eigenvalue weighted by molar-refractivity contribution is -0.123. The number of halogens is 1. The number of carbonyl (C=O) groups excluding carboxylic acids is 2. The highest BCUT2D eigenvalue weighted by atomic mass is 32.1. The quantitative estimate of drug-likeness (QED) is 0.377. The van der Waals surface area contributed by atoms with Crippen molar-refractivity contribution in [1.29, 1.82) is 0 Å². The van der Waals surface area contributed by atoms with Crippen molar-refractivity contribution in [3.63, 3.8) is 0 Å². The van der Waals surface area contributed by atoms with Crippen LogP contribution < -0.4 is 4.74 Å². The number of fused-ring (bicyclic) bond motifs is 1. The second kappa shape index (κ2) is 7.16. The first kappa shape index (κ1) is 18.3.